The van der Waals surface area contributed by atoms with Gasteiger partial charge in [-0.2, -0.15) is 5.26 Å². The third-order valence-corrected chi connectivity index (χ3v) is 4.03. The van der Waals surface area contributed by atoms with Gasteiger partial charge >= 0.3 is 5.97 Å². The fraction of sp³-hybridized carbons (Fsp3) is 0.385. The van der Waals surface area contributed by atoms with Crippen molar-refractivity contribution in [1.29, 1.82) is 5.26 Å². The SMILES string of the molecule is CCOC(=O)C(C#N)c1ncnc2sc(C)c(C)c12. The maximum absolute atomic E-state index is 11.8. The van der Waals surface area contributed by atoms with E-state index in [2.05, 4.69) is 9.97 Å². The summed E-state index contributed by atoms with van der Waals surface area (Å²) < 4.78 is 4.93. The lowest BCUT2D eigenvalue weighted by Gasteiger charge is -2.09. The molecule has 6 heteroatoms. The number of ether oxygens (including phenoxy) is 1. The molecule has 0 amide bonds. The average molecular weight is 275 g/mol. The summed E-state index contributed by atoms with van der Waals surface area (Å²) in [6, 6.07) is 1.97. The van der Waals surface area contributed by atoms with E-state index >= 15 is 0 Å². The van der Waals surface area contributed by atoms with Gasteiger partial charge in [-0.15, -0.1) is 11.3 Å². The van der Waals surface area contributed by atoms with Crippen molar-refractivity contribution in [3.05, 3.63) is 22.5 Å². The number of esters is 1. The maximum Gasteiger partial charge on any atom is 0.329 e. The summed E-state index contributed by atoms with van der Waals surface area (Å²) in [7, 11) is 0. The molecule has 0 aliphatic heterocycles. The molecule has 0 saturated heterocycles. The predicted octanol–water partition coefficient (Wildman–Crippen LogP) is 2.48. The molecule has 0 fully saturated rings. The highest BCUT2D eigenvalue weighted by Crippen LogP contribution is 2.33. The van der Waals surface area contributed by atoms with Crippen LogP contribution in [0.1, 0.15) is 29.0 Å². The van der Waals surface area contributed by atoms with Crippen LogP contribution in [-0.2, 0) is 9.53 Å². The molecule has 0 saturated carbocycles. The van der Waals surface area contributed by atoms with Crippen LogP contribution < -0.4 is 0 Å². The van der Waals surface area contributed by atoms with Crippen molar-refractivity contribution in [2.75, 3.05) is 6.61 Å². The summed E-state index contributed by atoms with van der Waals surface area (Å²) >= 11 is 1.53. The summed E-state index contributed by atoms with van der Waals surface area (Å²) in [5.41, 5.74) is 1.45. The van der Waals surface area contributed by atoms with Crippen molar-refractivity contribution in [2.24, 2.45) is 0 Å². The minimum atomic E-state index is -1.00. The zero-order valence-electron chi connectivity index (χ0n) is 10.9. The summed E-state index contributed by atoms with van der Waals surface area (Å²) in [6.07, 6.45) is 1.39. The van der Waals surface area contributed by atoms with E-state index in [4.69, 9.17) is 4.74 Å². The van der Waals surface area contributed by atoms with Crippen LogP contribution in [0.2, 0.25) is 0 Å². The van der Waals surface area contributed by atoms with Gasteiger partial charge in [0.25, 0.3) is 0 Å². The first-order valence-corrected chi connectivity index (χ1v) is 6.68. The Morgan fingerprint density at radius 1 is 1.53 bits per heavy atom. The minimum absolute atomic E-state index is 0.243. The number of thiophene rings is 1. The molecule has 1 atom stereocenters. The highest BCUT2D eigenvalue weighted by molar-refractivity contribution is 7.18. The molecule has 2 aromatic heterocycles. The minimum Gasteiger partial charge on any atom is -0.465 e. The van der Waals surface area contributed by atoms with Gasteiger partial charge in [0.05, 0.1) is 18.4 Å². The lowest BCUT2D eigenvalue weighted by Crippen LogP contribution is -2.16. The Labute approximate surface area is 114 Å². The van der Waals surface area contributed by atoms with E-state index in [9.17, 15) is 10.1 Å². The van der Waals surface area contributed by atoms with Crippen molar-refractivity contribution >= 4 is 27.5 Å². The van der Waals surface area contributed by atoms with Crippen LogP contribution in [0.3, 0.4) is 0 Å². The van der Waals surface area contributed by atoms with Crippen molar-refractivity contribution in [3.63, 3.8) is 0 Å². The second kappa shape index (κ2) is 5.33. The molecule has 0 aromatic carbocycles. The van der Waals surface area contributed by atoms with Crippen molar-refractivity contribution in [1.82, 2.24) is 9.97 Å². The van der Waals surface area contributed by atoms with Crippen LogP contribution >= 0.6 is 11.3 Å². The van der Waals surface area contributed by atoms with Gasteiger partial charge in [-0.1, -0.05) is 0 Å². The monoisotopic (exact) mass is 275 g/mol. The molecule has 2 aromatic rings. The van der Waals surface area contributed by atoms with E-state index in [1.165, 1.54) is 17.7 Å². The number of aromatic nitrogens is 2. The summed E-state index contributed by atoms with van der Waals surface area (Å²) in [4.78, 5) is 22.1. The number of carbonyl (C=O) groups excluding carboxylic acids is 1. The van der Waals surface area contributed by atoms with E-state index < -0.39 is 11.9 Å². The molecule has 0 N–H and O–H groups in total. The topological polar surface area (TPSA) is 75.9 Å². The first-order chi connectivity index (χ1) is 9.10. The number of carbonyl (C=O) groups is 1. The van der Waals surface area contributed by atoms with Gasteiger partial charge in [0.1, 0.15) is 11.2 Å². The summed E-state index contributed by atoms with van der Waals surface area (Å²) in [6.45, 7) is 5.88. The molecule has 5 nitrogen and oxygen atoms in total. The number of nitrogens with zero attached hydrogens (tertiary/aromatic N) is 3. The number of rotatable bonds is 3. The summed E-state index contributed by atoms with van der Waals surface area (Å²) in [5.74, 6) is -1.56. The first kappa shape index (κ1) is 13.4. The maximum atomic E-state index is 11.8. The normalized spacial score (nSPS) is 12.1. The van der Waals surface area contributed by atoms with Crippen LogP contribution in [0.25, 0.3) is 10.2 Å². The Hall–Kier alpha value is -2.00. The van der Waals surface area contributed by atoms with E-state index in [1.807, 2.05) is 19.9 Å². The largest absolute Gasteiger partial charge is 0.465 e. The van der Waals surface area contributed by atoms with Gasteiger partial charge in [-0.25, -0.2) is 9.97 Å². The molecule has 0 bridgehead atoms. The van der Waals surface area contributed by atoms with Gasteiger partial charge in [0, 0.05) is 10.3 Å². The third-order valence-electron chi connectivity index (χ3n) is 2.92. The van der Waals surface area contributed by atoms with Crippen molar-refractivity contribution < 1.29 is 9.53 Å². The molecular formula is C13H13N3O2S. The van der Waals surface area contributed by atoms with Crippen LogP contribution in [0, 0.1) is 25.2 Å². The van der Waals surface area contributed by atoms with E-state index in [-0.39, 0.29) is 6.61 Å². The lowest BCUT2D eigenvalue weighted by atomic mass is 10.0. The summed E-state index contributed by atoms with van der Waals surface area (Å²) in [5, 5.41) is 10.0. The molecule has 19 heavy (non-hydrogen) atoms. The zero-order chi connectivity index (χ0) is 14.0. The van der Waals surface area contributed by atoms with Crippen LogP contribution in [0.15, 0.2) is 6.33 Å². The van der Waals surface area contributed by atoms with E-state index in [1.54, 1.807) is 6.92 Å². The standard InChI is InChI=1S/C13H13N3O2S/c1-4-18-13(17)9(5-14)11-10-7(2)8(3)19-12(10)16-6-15-11/h6,9H,4H2,1-3H3. The fourth-order valence-corrected chi connectivity index (χ4v) is 2.88. The van der Waals surface area contributed by atoms with Crippen LogP contribution in [0.4, 0.5) is 0 Å². The first-order valence-electron chi connectivity index (χ1n) is 5.87. The smallest absolute Gasteiger partial charge is 0.329 e. The average Bonchev–Trinajstić information content (AvgIpc) is 2.67. The Morgan fingerprint density at radius 2 is 2.26 bits per heavy atom. The second-order valence-corrected chi connectivity index (χ2v) is 5.24. The van der Waals surface area contributed by atoms with E-state index in [0.717, 1.165) is 20.7 Å². The highest BCUT2D eigenvalue weighted by Gasteiger charge is 2.27. The molecule has 2 rings (SSSR count). The van der Waals surface area contributed by atoms with Crippen LogP contribution in [0.5, 0.6) is 0 Å². The molecule has 2 heterocycles. The van der Waals surface area contributed by atoms with Gasteiger partial charge in [0.2, 0.25) is 0 Å². The Morgan fingerprint density at radius 3 is 2.89 bits per heavy atom. The highest BCUT2D eigenvalue weighted by atomic mass is 32.1. The predicted molar refractivity (Wildman–Crippen MR) is 71.9 cm³/mol. The fourth-order valence-electron chi connectivity index (χ4n) is 1.88. The number of fused-ring (bicyclic) bond motifs is 1. The number of hydrogen-bond donors (Lipinski definition) is 0. The molecular weight excluding hydrogens is 262 g/mol. The third kappa shape index (κ3) is 2.29. The number of nitriles is 1. The quantitative estimate of drug-likeness (QED) is 0.804. The van der Waals surface area contributed by atoms with Gasteiger partial charge in [-0.05, 0) is 26.3 Å². The molecule has 0 spiro atoms. The Kier molecular flexibility index (Phi) is 3.76. The van der Waals surface area contributed by atoms with Gasteiger partial charge in [-0.3, -0.25) is 4.79 Å². The van der Waals surface area contributed by atoms with Gasteiger partial charge < -0.3 is 4.74 Å². The lowest BCUT2D eigenvalue weighted by molar-refractivity contribution is -0.143. The van der Waals surface area contributed by atoms with E-state index in [0.29, 0.717) is 5.69 Å². The molecule has 0 aliphatic rings. The zero-order valence-corrected chi connectivity index (χ0v) is 11.7. The second-order valence-electron chi connectivity index (χ2n) is 4.04. The Bertz CT molecular complexity index is 672. The number of hydrogen-bond acceptors (Lipinski definition) is 6. The van der Waals surface area contributed by atoms with Gasteiger partial charge in [0.15, 0.2) is 5.92 Å². The molecule has 0 radical (unpaired) electrons. The van der Waals surface area contributed by atoms with Crippen LogP contribution in [-0.4, -0.2) is 22.5 Å². The molecule has 0 aliphatic carbocycles. The van der Waals surface area contributed by atoms with Crippen molar-refractivity contribution in [3.8, 4) is 6.07 Å². The molecule has 98 valence electrons. The Balaban J connectivity index is 2.61. The molecule has 1 unspecified atom stereocenters. The number of aryl methyl sites for hydroxylation is 2. The van der Waals surface area contributed by atoms with Crippen molar-refractivity contribution in [2.45, 2.75) is 26.7 Å².